The van der Waals surface area contributed by atoms with Crippen LogP contribution in [0.5, 0.6) is 0 Å². The Morgan fingerprint density at radius 3 is 2.17 bits per heavy atom. The van der Waals surface area contributed by atoms with Crippen LogP contribution in [0.2, 0.25) is 0 Å². The van der Waals surface area contributed by atoms with Crippen LogP contribution >= 0.6 is 7.92 Å². The smallest absolute Gasteiger partial charge is 1.00 e. The maximum Gasteiger partial charge on any atom is -1.00 e. The van der Waals surface area contributed by atoms with Gasteiger partial charge < -0.3 is 24.8 Å². The Morgan fingerprint density at radius 1 is 0.886 bits per heavy atom. The molecule has 2 atom stereocenters. The van der Waals surface area contributed by atoms with E-state index >= 15 is 0 Å². The number of hydrogen-bond acceptors (Lipinski definition) is 0. The van der Waals surface area contributed by atoms with E-state index in [0.29, 0.717) is 0 Å². The Kier molecular flexibility index (Phi) is 17.5. The van der Waals surface area contributed by atoms with E-state index in [1.165, 1.54) is 83.0 Å². The Labute approximate surface area is 239 Å². The average molecular weight is 569 g/mol. The Bertz CT molecular complexity index is 817. The first-order valence-electron chi connectivity index (χ1n) is 13.9. The fourth-order valence-corrected chi connectivity index (χ4v) is 12.1. The van der Waals surface area contributed by atoms with Crippen molar-refractivity contribution < 1.29 is 44.0 Å². The molecule has 35 heavy (non-hydrogen) atoms. The summed E-state index contributed by atoms with van der Waals surface area (Å²) in [6, 6.07) is 9.41. The minimum Gasteiger partial charge on any atom is -1.00 e. The molecule has 0 aliphatic heterocycles. The summed E-state index contributed by atoms with van der Waals surface area (Å²) in [5.41, 5.74) is 4.94. The molecule has 0 saturated carbocycles. The van der Waals surface area contributed by atoms with Gasteiger partial charge in [0.25, 0.3) is 0 Å². The summed E-state index contributed by atoms with van der Waals surface area (Å²) in [5.74, 6) is 0.737. The van der Waals surface area contributed by atoms with Gasteiger partial charge >= 0.3 is 216 Å². The number of unbranched alkanes of at least 4 members (excludes halogenated alkanes) is 6. The van der Waals surface area contributed by atoms with Crippen molar-refractivity contribution in [2.24, 2.45) is 5.92 Å². The molecule has 2 unspecified atom stereocenters. The predicted molar refractivity (Wildman–Crippen MR) is 147 cm³/mol. The predicted octanol–water partition coefficient (Wildman–Crippen LogP) is 4.47. The number of rotatable bonds is 16. The first kappa shape index (κ1) is 33.2. The fraction of sp³-hybridized carbons (Fsp3) is 0.613. The van der Waals surface area contributed by atoms with E-state index in [0.717, 1.165) is 10.1 Å². The summed E-state index contributed by atoms with van der Waals surface area (Å²) in [4.78, 5) is 0. The van der Waals surface area contributed by atoms with Gasteiger partial charge in [-0.3, -0.25) is 0 Å². The number of fused-ring (bicyclic) bond motifs is 1. The van der Waals surface area contributed by atoms with Crippen LogP contribution in [-0.4, -0.2) is 12.3 Å². The first-order chi connectivity index (χ1) is 16.2. The molecule has 0 nitrogen and oxygen atoms in total. The van der Waals surface area contributed by atoms with Gasteiger partial charge in [0.15, 0.2) is 0 Å². The summed E-state index contributed by atoms with van der Waals surface area (Å²) in [7, 11) is 0.0122. The van der Waals surface area contributed by atoms with E-state index in [1.54, 1.807) is 16.7 Å². The van der Waals surface area contributed by atoms with Crippen LogP contribution < -0.4 is 24.8 Å². The Balaban J connectivity index is 0.00000306. The van der Waals surface area contributed by atoms with Crippen LogP contribution in [0.1, 0.15) is 114 Å². The maximum atomic E-state index is 2.67. The molecular weight excluding hydrogens is 522 g/mol. The molecule has 1 aromatic carbocycles. The van der Waals surface area contributed by atoms with E-state index in [2.05, 4.69) is 70.2 Å². The Morgan fingerprint density at radius 2 is 1.54 bits per heavy atom. The van der Waals surface area contributed by atoms with Crippen molar-refractivity contribution in [1.82, 2.24) is 0 Å². The SMILES string of the molecule is CCCCCCP(CCCCCC)C1=Cc2ccccc2[CH]1[Ti+2][C]1=C(C(C)CCC)C=CC1.[Cl-].[Cl-]. The van der Waals surface area contributed by atoms with Crippen molar-refractivity contribution in [1.29, 1.82) is 0 Å². The van der Waals surface area contributed by atoms with Crippen molar-refractivity contribution in [2.75, 3.05) is 12.3 Å². The minimum absolute atomic E-state index is 0. The second-order valence-corrected chi connectivity index (χ2v) is 14.9. The van der Waals surface area contributed by atoms with Crippen LogP contribution in [0.4, 0.5) is 0 Å². The third-order valence-electron chi connectivity index (χ3n) is 7.37. The molecule has 4 heteroatoms. The molecule has 0 fully saturated rings. The topological polar surface area (TPSA) is 0 Å². The fourth-order valence-electron chi connectivity index (χ4n) is 5.45. The summed E-state index contributed by atoms with van der Waals surface area (Å²) < 4.78 is 2.61. The van der Waals surface area contributed by atoms with Gasteiger partial charge in [-0.15, -0.1) is 0 Å². The Hall–Kier alpha value is 0.164. The molecule has 0 heterocycles. The third kappa shape index (κ3) is 9.76. The number of hydrogen-bond donors (Lipinski definition) is 0. The zero-order valence-electron chi connectivity index (χ0n) is 22.6. The summed E-state index contributed by atoms with van der Waals surface area (Å²) >= 11 is -0.183. The number of benzene rings is 1. The van der Waals surface area contributed by atoms with E-state index in [4.69, 9.17) is 0 Å². The molecule has 194 valence electrons. The standard InChI is InChI=1S/C21H32P.C10H15.2ClH.Ti/c1-3-5-7-11-15-22(16-12-8-6-4-2)21-17-19-13-9-10-14-20(19)18-21;1-3-6-9(2)10-7-4-5-8-10;;;/h9-10,13-14,17-18H,3-8,11-12,15-16H2,1-2H3;4,7,9H,3,5-6H2,1-2H3;2*1H;/q;;;;+2/p-2. The molecule has 2 aliphatic rings. The van der Waals surface area contributed by atoms with Crippen molar-refractivity contribution in [3.8, 4) is 0 Å². The molecule has 3 rings (SSSR count). The van der Waals surface area contributed by atoms with E-state index < -0.39 is 0 Å². The zero-order valence-corrected chi connectivity index (χ0v) is 26.6. The number of allylic oxidation sites excluding steroid dienone is 5. The summed E-state index contributed by atoms with van der Waals surface area (Å²) in [6.45, 7) is 9.48. The molecule has 0 saturated heterocycles. The van der Waals surface area contributed by atoms with Crippen LogP contribution in [0.15, 0.2) is 51.2 Å². The van der Waals surface area contributed by atoms with E-state index in [9.17, 15) is 0 Å². The van der Waals surface area contributed by atoms with Crippen molar-refractivity contribution in [3.63, 3.8) is 0 Å². The maximum absolute atomic E-state index is 2.67. The largest absolute Gasteiger partial charge is 1.00 e. The van der Waals surface area contributed by atoms with Crippen LogP contribution in [0, 0.1) is 5.92 Å². The van der Waals surface area contributed by atoms with Gasteiger partial charge in [0.1, 0.15) is 0 Å². The van der Waals surface area contributed by atoms with Gasteiger partial charge in [-0.05, 0) is 0 Å². The molecule has 0 bridgehead atoms. The van der Waals surface area contributed by atoms with Crippen molar-refractivity contribution >= 4 is 14.0 Å². The second kappa shape index (κ2) is 18.4. The molecule has 0 spiro atoms. The van der Waals surface area contributed by atoms with Gasteiger partial charge in [-0.2, -0.15) is 0 Å². The van der Waals surface area contributed by atoms with Gasteiger partial charge in [-0.25, -0.2) is 0 Å². The van der Waals surface area contributed by atoms with Gasteiger partial charge in [0, 0.05) is 0 Å². The van der Waals surface area contributed by atoms with Gasteiger partial charge in [0.2, 0.25) is 0 Å². The van der Waals surface area contributed by atoms with Crippen LogP contribution in [-0.2, 0) is 19.2 Å². The van der Waals surface area contributed by atoms with Crippen LogP contribution in [0.3, 0.4) is 0 Å². The van der Waals surface area contributed by atoms with E-state index in [-0.39, 0.29) is 51.9 Å². The molecule has 1 aromatic rings. The second-order valence-electron chi connectivity index (χ2n) is 10.1. The normalized spacial score (nSPS) is 17.1. The summed E-state index contributed by atoms with van der Waals surface area (Å²) in [5, 5.41) is 1.89. The monoisotopic (exact) mass is 568 g/mol. The quantitative estimate of drug-likeness (QED) is 0.157. The van der Waals surface area contributed by atoms with Gasteiger partial charge in [-0.1, -0.05) is 0 Å². The average Bonchev–Trinajstić information content (AvgIpc) is 3.43. The molecule has 2 aliphatic carbocycles. The number of halogens is 2. The molecular formula is C31H47Cl2PTi. The van der Waals surface area contributed by atoms with Crippen LogP contribution in [0.25, 0.3) is 6.08 Å². The minimum atomic E-state index is -0.183. The molecule has 0 N–H and O–H groups in total. The molecule has 0 amide bonds. The molecule has 0 aromatic heterocycles. The van der Waals surface area contributed by atoms with Gasteiger partial charge in [0.05, 0.1) is 0 Å². The van der Waals surface area contributed by atoms with Crippen molar-refractivity contribution in [2.45, 2.75) is 103 Å². The van der Waals surface area contributed by atoms with E-state index in [1.807, 2.05) is 9.19 Å². The third-order valence-corrected chi connectivity index (χ3v) is 13.3. The van der Waals surface area contributed by atoms with Crippen molar-refractivity contribution in [3.05, 3.63) is 62.3 Å². The summed E-state index contributed by atoms with van der Waals surface area (Å²) in [6.07, 6.45) is 25.7. The molecule has 0 radical (unpaired) electrons. The zero-order chi connectivity index (χ0) is 23.5. The first-order valence-corrected chi connectivity index (χ1v) is 17.3.